The van der Waals surface area contributed by atoms with Gasteiger partial charge in [-0.05, 0) is 32.5 Å². The Kier molecular flexibility index (Phi) is 3.45. The minimum atomic E-state index is 0.505. The van der Waals surface area contributed by atoms with E-state index in [4.69, 9.17) is 11.0 Å². The number of nitrogens with two attached hydrogens (primary N) is 1. The average molecular weight is 231 g/mol. The molecule has 1 unspecified atom stereocenters. The van der Waals surface area contributed by atoms with Crippen LogP contribution in [0.1, 0.15) is 18.4 Å². The van der Waals surface area contributed by atoms with Crippen LogP contribution in [0.5, 0.6) is 0 Å². The average Bonchev–Trinajstić information content (AvgIpc) is 2.73. The van der Waals surface area contributed by atoms with Crippen LogP contribution in [-0.4, -0.2) is 36.1 Å². The molecule has 1 aliphatic heterocycles. The predicted octanol–water partition coefficient (Wildman–Crippen LogP) is 1.04. The van der Waals surface area contributed by atoms with Gasteiger partial charge in [-0.25, -0.2) is 4.98 Å². The number of pyridine rings is 1. The maximum absolute atomic E-state index is 8.99. The highest BCUT2D eigenvalue weighted by molar-refractivity contribution is 5.57. The van der Waals surface area contributed by atoms with Gasteiger partial charge in [0.1, 0.15) is 11.9 Å². The number of anilines is 2. The van der Waals surface area contributed by atoms with Crippen molar-refractivity contribution in [3.05, 3.63) is 17.8 Å². The lowest BCUT2D eigenvalue weighted by Crippen LogP contribution is -2.31. The summed E-state index contributed by atoms with van der Waals surface area (Å²) in [6.45, 7) is 1.97. The Bertz CT molecular complexity index is 437. The first-order chi connectivity index (χ1) is 8.20. The van der Waals surface area contributed by atoms with E-state index in [-0.39, 0.29) is 0 Å². The van der Waals surface area contributed by atoms with E-state index in [1.165, 1.54) is 12.8 Å². The fourth-order valence-electron chi connectivity index (χ4n) is 2.16. The van der Waals surface area contributed by atoms with Crippen LogP contribution in [0.4, 0.5) is 11.5 Å². The van der Waals surface area contributed by atoms with Gasteiger partial charge in [0.05, 0.1) is 17.4 Å². The van der Waals surface area contributed by atoms with E-state index in [2.05, 4.69) is 28.3 Å². The molecule has 1 aromatic heterocycles. The van der Waals surface area contributed by atoms with Crippen molar-refractivity contribution in [2.75, 3.05) is 31.2 Å². The Labute approximate surface area is 101 Å². The first-order valence-electron chi connectivity index (χ1n) is 5.80. The van der Waals surface area contributed by atoms with Crippen molar-refractivity contribution in [1.29, 1.82) is 5.26 Å². The summed E-state index contributed by atoms with van der Waals surface area (Å²) in [5.41, 5.74) is 6.62. The number of nitrogens with zero attached hydrogens (tertiary/aromatic N) is 3. The molecule has 1 fully saturated rings. The van der Waals surface area contributed by atoms with Gasteiger partial charge in [-0.1, -0.05) is 0 Å². The van der Waals surface area contributed by atoms with Crippen molar-refractivity contribution in [2.24, 2.45) is 0 Å². The van der Waals surface area contributed by atoms with E-state index in [1.54, 1.807) is 12.3 Å². The van der Waals surface area contributed by atoms with Crippen LogP contribution in [0, 0.1) is 11.3 Å². The molecule has 0 aliphatic carbocycles. The first kappa shape index (κ1) is 11.7. The standard InChI is InChI=1S/C12H17N5/c1-17-4-2-3-11(17)8-16-12-9(6-13)5-10(14)7-15-12/h5,7,11H,2-4,8,14H2,1H3,(H,15,16). The summed E-state index contributed by atoms with van der Waals surface area (Å²) in [4.78, 5) is 6.49. The molecule has 5 nitrogen and oxygen atoms in total. The van der Waals surface area contributed by atoms with Crippen LogP contribution < -0.4 is 11.1 Å². The van der Waals surface area contributed by atoms with Gasteiger partial charge in [0, 0.05) is 12.6 Å². The SMILES string of the molecule is CN1CCCC1CNc1ncc(N)cc1C#N. The molecule has 0 amide bonds. The van der Waals surface area contributed by atoms with Crippen molar-refractivity contribution in [3.8, 4) is 6.07 Å². The Morgan fingerprint density at radius 3 is 3.18 bits per heavy atom. The van der Waals surface area contributed by atoms with Crippen molar-refractivity contribution in [1.82, 2.24) is 9.88 Å². The molecule has 3 N–H and O–H groups in total. The number of hydrogen-bond donors (Lipinski definition) is 2. The fourth-order valence-corrected chi connectivity index (χ4v) is 2.16. The second kappa shape index (κ2) is 5.02. The third kappa shape index (κ3) is 2.66. The molecule has 5 heteroatoms. The summed E-state index contributed by atoms with van der Waals surface area (Å²) in [6.07, 6.45) is 4.00. The lowest BCUT2D eigenvalue weighted by molar-refractivity contribution is 0.322. The lowest BCUT2D eigenvalue weighted by Gasteiger charge is -2.20. The van der Waals surface area contributed by atoms with E-state index in [9.17, 15) is 0 Å². The second-order valence-electron chi connectivity index (χ2n) is 4.43. The highest BCUT2D eigenvalue weighted by atomic mass is 15.2. The van der Waals surface area contributed by atoms with E-state index in [0.717, 1.165) is 13.1 Å². The van der Waals surface area contributed by atoms with Crippen LogP contribution >= 0.6 is 0 Å². The van der Waals surface area contributed by atoms with Gasteiger partial charge >= 0.3 is 0 Å². The van der Waals surface area contributed by atoms with Crippen LogP contribution in [0.2, 0.25) is 0 Å². The number of likely N-dealkylation sites (N-methyl/N-ethyl adjacent to an activating group) is 1. The number of nitrogen functional groups attached to an aromatic ring is 1. The molecule has 0 saturated carbocycles. The number of aromatic nitrogens is 1. The van der Waals surface area contributed by atoms with E-state index < -0.39 is 0 Å². The van der Waals surface area contributed by atoms with Crippen LogP contribution in [0.15, 0.2) is 12.3 Å². The molecule has 17 heavy (non-hydrogen) atoms. The van der Waals surface area contributed by atoms with E-state index in [0.29, 0.717) is 23.1 Å². The zero-order valence-corrected chi connectivity index (χ0v) is 9.98. The summed E-state index contributed by atoms with van der Waals surface area (Å²) in [6, 6.07) is 4.28. The molecule has 2 rings (SSSR count). The fraction of sp³-hybridized carbons (Fsp3) is 0.500. The topological polar surface area (TPSA) is 78.0 Å². The molecule has 0 bridgehead atoms. The minimum absolute atomic E-state index is 0.505. The summed E-state index contributed by atoms with van der Waals surface area (Å²) in [5, 5.41) is 12.2. The van der Waals surface area contributed by atoms with Gasteiger partial charge in [-0.2, -0.15) is 5.26 Å². The van der Waals surface area contributed by atoms with Gasteiger partial charge in [-0.15, -0.1) is 0 Å². The third-order valence-corrected chi connectivity index (χ3v) is 3.21. The summed E-state index contributed by atoms with van der Waals surface area (Å²) in [7, 11) is 2.13. The molecule has 0 spiro atoms. The molecular formula is C12H17N5. The predicted molar refractivity (Wildman–Crippen MR) is 67.5 cm³/mol. The highest BCUT2D eigenvalue weighted by Gasteiger charge is 2.20. The maximum atomic E-state index is 8.99. The first-order valence-corrected chi connectivity index (χ1v) is 5.80. The Morgan fingerprint density at radius 1 is 1.71 bits per heavy atom. The molecule has 1 atom stereocenters. The molecule has 2 heterocycles. The Hall–Kier alpha value is -1.80. The van der Waals surface area contributed by atoms with Crippen molar-refractivity contribution in [3.63, 3.8) is 0 Å². The molecule has 0 aromatic carbocycles. The molecule has 1 aliphatic rings. The number of rotatable bonds is 3. The second-order valence-corrected chi connectivity index (χ2v) is 4.43. The summed E-state index contributed by atoms with van der Waals surface area (Å²) < 4.78 is 0. The summed E-state index contributed by atoms with van der Waals surface area (Å²) >= 11 is 0. The maximum Gasteiger partial charge on any atom is 0.144 e. The van der Waals surface area contributed by atoms with Gasteiger partial charge in [-0.3, -0.25) is 0 Å². The minimum Gasteiger partial charge on any atom is -0.397 e. The van der Waals surface area contributed by atoms with Crippen molar-refractivity contribution < 1.29 is 0 Å². The molecule has 1 saturated heterocycles. The number of hydrogen-bond acceptors (Lipinski definition) is 5. The smallest absolute Gasteiger partial charge is 0.144 e. The van der Waals surface area contributed by atoms with Crippen LogP contribution in [0.25, 0.3) is 0 Å². The largest absolute Gasteiger partial charge is 0.397 e. The summed E-state index contributed by atoms with van der Waals surface area (Å²) in [5.74, 6) is 0.627. The number of nitrogens with one attached hydrogen (secondary N) is 1. The zero-order valence-electron chi connectivity index (χ0n) is 9.98. The van der Waals surface area contributed by atoms with Gasteiger partial charge < -0.3 is 16.0 Å². The van der Waals surface area contributed by atoms with Crippen LogP contribution in [0.3, 0.4) is 0 Å². The van der Waals surface area contributed by atoms with E-state index in [1.807, 2.05) is 0 Å². The number of likely N-dealkylation sites (tertiary alicyclic amines) is 1. The molecule has 90 valence electrons. The van der Waals surface area contributed by atoms with Gasteiger partial charge in [0.15, 0.2) is 0 Å². The van der Waals surface area contributed by atoms with Crippen molar-refractivity contribution in [2.45, 2.75) is 18.9 Å². The zero-order chi connectivity index (χ0) is 12.3. The molecule has 1 aromatic rings. The van der Waals surface area contributed by atoms with Crippen molar-refractivity contribution >= 4 is 11.5 Å². The quantitative estimate of drug-likeness (QED) is 0.812. The van der Waals surface area contributed by atoms with Gasteiger partial charge in [0.25, 0.3) is 0 Å². The monoisotopic (exact) mass is 231 g/mol. The highest BCUT2D eigenvalue weighted by Crippen LogP contribution is 2.18. The lowest BCUT2D eigenvalue weighted by atomic mass is 10.2. The Morgan fingerprint density at radius 2 is 2.53 bits per heavy atom. The molecular weight excluding hydrogens is 214 g/mol. The Balaban J connectivity index is 2.01. The van der Waals surface area contributed by atoms with Crippen LogP contribution in [-0.2, 0) is 0 Å². The number of nitriles is 1. The van der Waals surface area contributed by atoms with E-state index >= 15 is 0 Å². The third-order valence-electron chi connectivity index (χ3n) is 3.21. The molecule has 0 radical (unpaired) electrons. The van der Waals surface area contributed by atoms with Gasteiger partial charge in [0.2, 0.25) is 0 Å². The normalized spacial score (nSPS) is 20.1.